The van der Waals surface area contributed by atoms with Crippen LogP contribution in [0.1, 0.15) is 5.56 Å². The summed E-state index contributed by atoms with van der Waals surface area (Å²) in [5, 5.41) is 0. The van der Waals surface area contributed by atoms with E-state index >= 15 is 0 Å². The van der Waals surface area contributed by atoms with Gasteiger partial charge in [0.05, 0.1) is 7.11 Å². The average molecular weight is 150 g/mol. The Balaban J connectivity index is 2.92. The summed E-state index contributed by atoms with van der Waals surface area (Å²) in [4.78, 5) is 9.38. The summed E-state index contributed by atoms with van der Waals surface area (Å²) in [6.07, 6.45) is 1.72. The Labute approximate surface area is 66.0 Å². The predicted molar refractivity (Wildman–Crippen MR) is 44.2 cm³/mol. The first-order valence-corrected chi connectivity index (χ1v) is 3.30. The highest BCUT2D eigenvalue weighted by Gasteiger charge is 1.97. The van der Waals surface area contributed by atoms with E-state index in [9.17, 15) is 0 Å². The largest absolute Gasteiger partial charge is 0.337 e. The van der Waals surface area contributed by atoms with Gasteiger partial charge in [-0.15, -0.1) is 0 Å². The first-order valence-electron chi connectivity index (χ1n) is 3.30. The van der Waals surface area contributed by atoms with Gasteiger partial charge >= 0.3 is 0 Å². The van der Waals surface area contributed by atoms with Crippen LogP contribution in [0.25, 0.3) is 6.08 Å². The molecule has 1 aromatic carbocycles. The summed E-state index contributed by atoms with van der Waals surface area (Å²) in [7, 11) is 1.47. The fraction of sp³-hybridized carbons (Fsp3) is 0.111. The highest BCUT2D eigenvalue weighted by atomic mass is 17.2. The Bertz CT molecular complexity index is 243. The molecule has 0 N–H and O–H groups in total. The third-order valence-corrected chi connectivity index (χ3v) is 1.31. The zero-order chi connectivity index (χ0) is 8.10. The summed E-state index contributed by atoms with van der Waals surface area (Å²) in [6, 6.07) is 7.52. The smallest absolute Gasteiger partial charge is 0.172 e. The van der Waals surface area contributed by atoms with Crippen LogP contribution >= 0.6 is 0 Å². The van der Waals surface area contributed by atoms with Crippen LogP contribution in [-0.4, -0.2) is 7.11 Å². The third-order valence-electron chi connectivity index (χ3n) is 1.31. The van der Waals surface area contributed by atoms with E-state index in [4.69, 9.17) is 4.89 Å². The highest BCUT2D eigenvalue weighted by Crippen LogP contribution is 2.18. The Morgan fingerprint density at radius 2 is 2.09 bits per heavy atom. The zero-order valence-electron chi connectivity index (χ0n) is 6.41. The SMILES string of the molecule is C=Cc1ccccc1OOC. The molecule has 0 spiro atoms. The van der Waals surface area contributed by atoms with Gasteiger partial charge < -0.3 is 4.89 Å². The van der Waals surface area contributed by atoms with Crippen LogP contribution in [0.5, 0.6) is 5.75 Å². The maximum atomic E-state index is 4.86. The summed E-state index contributed by atoms with van der Waals surface area (Å²) in [6.45, 7) is 3.64. The van der Waals surface area contributed by atoms with Crippen molar-refractivity contribution in [3.63, 3.8) is 0 Å². The molecule has 0 fully saturated rings. The van der Waals surface area contributed by atoms with Crippen LogP contribution in [0.15, 0.2) is 30.8 Å². The third kappa shape index (κ3) is 1.82. The Hall–Kier alpha value is -1.28. The average Bonchev–Trinajstić information content (AvgIpc) is 2.06. The number of hydrogen-bond acceptors (Lipinski definition) is 2. The van der Waals surface area contributed by atoms with Crippen molar-refractivity contribution in [2.45, 2.75) is 0 Å². The quantitative estimate of drug-likeness (QED) is 0.486. The van der Waals surface area contributed by atoms with Crippen molar-refractivity contribution in [1.82, 2.24) is 0 Å². The van der Waals surface area contributed by atoms with Gasteiger partial charge in [-0.1, -0.05) is 30.9 Å². The van der Waals surface area contributed by atoms with Crippen LogP contribution in [-0.2, 0) is 4.89 Å². The summed E-state index contributed by atoms with van der Waals surface area (Å²) >= 11 is 0. The van der Waals surface area contributed by atoms with E-state index in [0.29, 0.717) is 5.75 Å². The lowest BCUT2D eigenvalue weighted by Crippen LogP contribution is -1.91. The normalized spacial score (nSPS) is 9.18. The fourth-order valence-electron chi connectivity index (χ4n) is 0.815. The van der Waals surface area contributed by atoms with E-state index < -0.39 is 0 Å². The molecule has 0 aliphatic carbocycles. The monoisotopic (exact) mass is 150 g/mol. The van der Waals surface area contributed by atoms with Crippen molar-refractivity contribution in [2.75, 3.05) is 7.11 Å². The number of hydrogen-bond donors (Lipinski definition) is 0. The molecule has 0 amide bonds. The molecule has 0 aromatic heterocycles. The van der Waals surface area contributed by atoms with Crippen molar-refractivity contribution in [3.05, 3.63) is 36.4 Å². The minimum absolute atomic E-state index is 0.685. The minimum Gasteiger partial charge on any atom is -0.337 e. The van der Waals surface area contributed by atoms with Crippen molar-refractivity contribution in [3.8, 4) is 5.75 Å². The van der Waals surface area contributed by atoms with Gasteiger partial charge in [-0.05, 0) is 6.07 Å². The molecule has 0 bridgehead atoms. The fourth-order valence-corrected chi connectivity index (χ4v) is 0.815. The molecule has 0 radical (unpaired) electrons. The second-order valence-corrected chi connectivity index (χ2v) is 1.99. The Kier molecular flexibility index (Phi) is 2.69. The molecular formula is C9H10O2. The Morgan fingerprint density at radius 1 is 1.36 bits per heavy atom. The maximum absolute atomic E-state index is 4.86. The van der Waals surface area contributed by atoms with E-state index in [2.05, 4.69) is 11.5 Å². The molecule has 0 saturated heterocycles. The summed E-state index contributed by atoms with van der Waals surface area (Å²) < 4.78 is 0. The number of benzene rings is 1. The van der Waals surface area contributed by atoms with Crippen LogP contribution in [0.2, 0.25) is 0 Å². The molecule has 1 aromatic rings. The molecule has 2 heteroatoms. The molecule has 2 nitrogen and oxygen atoms in total. The van der Waals surface area contributed by atoms with Gasteiger partial charge in [0.2, 0.25) is 0 Å². The molecule has 58 valence electrons. The molecule has 0 atom stereocenters. The standard InChI is InChI=1S/C9H10O2/c1-3-8-6-4-5-7-9(8)11-10-2/h3-7H,1H2,2H3. The van der Waals surface area contributed by atoms with Gasteiger partial charge in [0, 0.05) is 5.56 Å². The minimum atomic E-state index is 0.685. The molecule has 0 unspecified atom stereocenters. The van der Waals surface area contributed by atoms with E-state index in [1.165, 1.54) is 7.11 Å². The highest BCUT2D eigenvalue weighted by molar-refractivity contribution is 5.55. The lowest BCUT2D eigenvalue weighted by Gasteiger charge is -2.02. The van der Waals surface area contributed by atoms with E-state index in [0.717, 1.165) is 5.56 Å². The van der Waals surface area contributed by atoms with Gasteiger partial charge in [0.15, 0.2) is 5.75 Å². The first kappa shape index (κ1) is 7.82. The molecule has 0 heterocycles. The van der Waals surface area contributed by atoms with E-state index in [1.54, 1.807) is 6.08 Å². The van der Waals surface area contributed by atoms with E-state index in [-0.39, 0.29) is 0 Å². The summed E-state index contributed by atoms with van der Waals surface area (Å²) in [5.41, 5.74) is 0.925. The van der Waals surface area contributed by atoms with Crippen molar-refractivity contribution < 1.29 is 9.78 Å². The van der Waals surface area contributed by atoms with Crippen LogP contribution in [0.4, 0.5) is 0 Å². The van der Waals surface area contributed by atoms with Crippen LogP contribution < -0.4 is 4.89 Å². The van der Waals surface area contributed by atoms with Gasteiger partial charge in [-0.2, -0.15) is 4.89 Å². The summed E-state index contributed by atoms with van der Waals surface area (Å²) in [5.74, 6) is 0.685. The van der Waals surface area contributed by atoms with E-state index in [1.807, 2.05) is 24.3 Å². The van der Waals surface area contributed by atoms with Gasteiger partial charge in [-0.25, -0.2) is 0 Å². The van der Waals surface area contributed by atoms with Crippen LogP contribution in [0, 0.1) is 0 Å². The molecule has 0 aliphatic rings. The topological polar surface area (TPSA) is 18.5 Å². The maximum Gasteiger partial charge on any atom is 0.172 e. The predicted octanol–water partition coefficient (Wildman–Crippen LogP) is 2.27. The molecular weight excluding hydrogens is 140 g/mol. The van der Waals surface area contributed by atoms with Crippen molar-refractivity contribution >= 4 is 6.08 Å². The first-order chi connectivity index (χ1) is 5.38. The Morgan fingerprint density at radius 3 is 2.73 bits per heavy atom. The second-order valence-electron chi connectivity index (χ2n) is 1.99. The van der Waals surface area contributed by atoms with Gasteiger partial charge in [0.25, 0.3) is 0 Å². The van der Waals surface area contributed by atoms with Crippen molar-refractivity contribution in [1.29, 1.82) is 0 Å². The lowest BCUT2D eigenvalue weighted by molar-refractivity contribution is -0.178. The molecule has 1 rings (SSSR count). The second kappa shape index (κ2) is 3.78. The number of rotatable bonds is 3. The number of para-hydroxylation sites is 1. The molecule has 0 saturated carbocycles. The molecule has 0 aliphatic heterocycles. The van der Waals surface area contributed by atoms with Crippen molar-refractivity contribution in [2.24, 2.45) is 0 Å². The molecule has 11 heavy (non-hydrogen) atoms. The van der Waals surface area contributed by atoms with Crippen LogP contribution in [0.3, 0.4) is 0 Å². The lowest BCUT2D eigenvalue weighted by atomic mass is 10.2. The van der Waals surface area contributed by atoms with Gasteiger partial charge in [-0.3, -0.25) is 0 Å². The van der Waals surface area contributed by atoms with Gasteiger partial charge in [0.1, 0.15) is 0 Å². The zero-order valence-corrected chi connectivity index (χ0v) is 6.41.